The van der Waals surface area contributed by atoms with Crippen LogP contribution in [0, 0.1) is 0 Å². The quantitative estimate of drug-likeness (QED) is 0.167. The van der Waals surface area contributed by atoms with Crippen LogP contribution in [0.15, 0.2) is 193 Å². The van der Waals surface area contributed by atoms with Crippen molar-refractivity contribution in [2.45, 2.75) is 25.7 Å². The van der Waals surface area contributed by atoms with Crippen LogP contribution in [0.5, 0.6) is 0 Å². The highest BCUT2D eigenvalue weighted by molar-refractivity contribution is 6.25. The summed E-state index contributed by atoms with van der Waals surface area (Å²) >= 11 is 0. The minimum atomic E-state index is 1.06. The molecule has 1 nitrogen and oxygen atoms in total. The summed E-state index contributed by atoms with van der Waals surface area (Å²) in [7, 11) is 0. The molecule has 0 spiro atoms. The summed E-state index contributed by atoms with van der Waals surface area (Å²) in [5, 5.41) is 10.3. The number of fused-ring (bicyclic) bond motifs is 6. The highest BCUT2D eigenvalue weighted by Gasteiger charge is 2.24. The van der Waals surface area contributed by atoms with Crippen LogP contribution < -0.4 is 4.90 Å². The lowest BCUT2D eigenvalue weighted by atomic mass is 9.86. The predicted octanol–water partition coefficient (Wildman–Crippen LogP) is 14.1. The van der Waals surface area contributed by atoms with Crippen LogP contribution in [0.4, 0.5) is 11.4 Å². The van der Waals surface area contributed by atoms with E-state index in [9.17, 15) is 0 Å². The molecule has 0 N–H and O–H groups in total. The van der Waals surface area contributed by atoms with Crippen molar-refractivity contribution in [2.24, 2.45) is 0 Å². The van der Waals surface area contributed by atoms with Crippen molar-refractivity contribution in [3.8, 4) is 22.3 Å². The van der Waals surface area contributed by atoms with Gasteiger partial charge in [0.05, 0.1) is 0 Å². The molecule has 10 rings (SSSR count). The Hall–Kier alpha value is -6.18. The SMILES string of the molecule is C1=CC2=C(CC1)C(N(c1ccc(-c3cc4cc(-c5ccccc5)c5ccccc5c4c4ccccc34)cc1)c1ccc3ccccc3c1)=CCC2. The normalized spacial score (nSPS) is 14.3. The molecular weight excluding hydrogens is 615 g/mol. The Morgan fingerprint density at radius 2 is 1.04 bits per heavy atom. The van der Waals surface area contributed by atoms with Crippen LogP contribution >= 0.6 is 0 Å². The van der Waals surface area contributed by atoms with Gasteiger partial charge in [0.15, 0.2) is 0 Å². The van der Waals surface area contributed by atoms with Gasteiger partial charge >= 0.3 is 0 Å². The Morgan fingerprint density at radius 3 is 1.76 bits per heavy atom. The maximum Gasteiger partial charge on any atom is 0.0467 e. The molecule has 51 heavy (non-hydrogen) atoms. The first-order valence-corrected chi connectivity index (χ1v) is 18.2. The summed E-state index contributed by atoms with van der Waals surface area (Å²) < 4.78 is 0. The van der Waals surface area contributed by atoms with Crippen molar-refractivity contribution >= 4 is 54.5 Å². The Labute approximate surface area is 299 Å². The first kappa shape index (κ1) is 29.7. The average Bonchev–Trinajstić information content (AvgIpc) is 3.21. The van der Waals surface area contributed by atoms with Gasteiger partial charge in [0.2, 0.25) is 0 Å². The number of nitrogens with zero attached hydrogens (tertiary/aromatic N) is 1. The molecule has 0 aromatic heterocycles. The fourth-order valence-corrected chi connectivity index (χ4v) is 8.56. The molecule has 242 valence electrons. The molecule has 0 fully saturated rings. The second-order valence-electron chi connectivity index (χ2n) is 13.9. The van der Waals surface area contributed by atoms with Gasteiger partial charge in [-0.25, -0.2) is 0 Å². The minimum Gasteiger partial charge on any atom is -0.311 e. The van der Waals surface area contributed by atoms with E-state index in [1.807, 2.05) is 0 Å². The Morgan fingerprint density at radius 1 is 0.431 bits per heavy atom. The molecule has 0 bridgehead atoms. The van der Waals surface area contributed by atoms with Crippen molar-refractivity contribution < 1.29 is 0 Å². The Kier molecular flexibility index (Phi) is 7.17. The van der Waals surface area contributed by atoms with Gasteiger partial charge in [-0.05, 0) is 139 Å². The second-order valence-corrected chi connectivity index (χ2v) is 13.9. The predicted molar refractivity (Wildman–Crippen MR) is 219 cm³/mol. The third kappa shape index (κ3) is 5.08. The molecule has 8 aromatic rings. The summed E-state index contributed by atoms with van der Waals surface area (Å²) in [4.78, 5) is 2.50. The number of hydrogen-bond donors (Lipinski definition) is 0. The molecule has 0 atom stereocenters. The third-order valence-electron chi connectivity index (χ3n) is 10.9. The minimum absolute atomic E-state index is 1.06. The first-order valence-electron chi connectivity index (χ1n) is 18.2. The summed E-state index contributed by atoms with van der Waals surface area (Å²) in [5.41, 5.74) is 11.7. The van der Waals surface area contributed by atoms with Gasteiger partial charge in [0, 0.05) is 17.1 Å². The molecule has 8 aromatic carbocycles. The summed E-state index contributed by atoms with van der Waals surface area (Å²) in [6, 6.07) is 58.3. The molecule has 0 heterocycles. The van der Waals surface area contributed by atoms with E-state index in [2.05, 4.69) is 181 Å². The van der Waals surface area contributed by atoms with E-state index in [4.69, 9.17) is 0 Å². The van der Waals surface area contributed by atoms with Crippen molar-refractivity contribution in [1.82, 2.24) is 0 Å². The van der Waals surface area contributed by atoms with E-state index < -0.39 is 0 Å². The van der Waals surface area contributed by atoms with Crippen LogP contribution in [-0.2, 0) is 0 Å². The maximum absolute atomic E-state index is 2.50. The lowest BCUT2D eigenvalue weighted by Crippen LogP contribution is -2.21. The molecule has 2 aliphatic rings. The molecule has 0 aliphatic heterocycles. The molecule has 2 aliphatic carbocycles. The van der Waals surface area contributed by atoms with Crippen molar-refractivity contribution in [3.05, 3.63) is 193 Å². The van der Waals surface area contributed by atoms with Gasteiger partial charge < -0.3 is 4.90 Å². The van der Waals surface area contributed by atoms with Crippen molar-refractivity contribution in [2.75, 3.05) is 4.90 Å². The standard InChI is InChI=1S/C50H37N/c1-2-14-36(15-3-1)47-32-39-33-48(44-21-9-11-23-46(44)50(39)45-22-10-8-20-43(45)47)37-26-28-40(29-27-37)51(41-30-25-34-13-4-5-17-38(34)31-41)49-24-12-18-35-16-6-7-19-42(35)49/h1-6,8-11,13-17,20-33H,7,12,18-19H2. The van der Waals surface area contributed by atoms with Gasteiger partial charge in [-0.3, -0.25) is 0 Å². The highest BCUT2D eigenvalue weighted by Crippen LogP contribution is 2.44. The number of rotatable bonds is 5. The number of benzene rings is 8. The molecule has 1 heteroatoms. The summed E-state index contributed by atoms with van der Waals surface area (Å²) in [6.45, 7) is 0. The van der Waals surface area contributed by atoms with E-state index >= 15 is 0 Å². The lowest BCUT2D eigenvalue weighted by Gasteiger charge is -2.34. The third-order valence-corrected chi connectivity index (χ3v) is 10.9. The Balaban J connectivity index is 1.15. The number of allylic oxidation sites excluding steroid dienone is 5. The number of anilines is 2. The van der Waals surface area contributed by atoms with Crippen LogP contribution in [0.2, 0.25) is 0 Å². The van der Waals surface area contributed by atoms with Gasteiger partial charge in [0.25, 0.3) is 0 Å². The van der Waals surface area contributed by atoms with E-state index in [0.29, 0.717) is 0 Å². The maximum atomic E-state index is 2.50. The monoisotopic (exact) mass is 651 g/mol. The lowest BCUT2D eigenvalue weighted by molar-refractivity contribution is 0.847. The zero-order chi connectivity index (χ0) is 33.7. The van der Waals surface area contributed by atoms with Gasteiger partial charge in [-0.2, -0.15) is 0 Å². The molecule has 0 unspecified atom stereocenters. The number of hydrogen-bond acceptors (Lipinski definition) is 1. The van der Waals surface area contributed by atoms with E-state index in [1.54, 1.807) is 0 Å². The van der Waals surface area contributed by atoms with Crippen LogP contribution in [0.3, 0.4) is 0 Å². The fourth-order valence-electron chi connectivity index (χ4n) is 8.56. The molecular formula is C50H37N. The van der Waals surface area contributed by atoms with Gasteiger partial charge in [-0.1, -0.05) is 140 Å². The summed E-state index contributed by atoms with van der Waals surface area (Å²) in [5.74, 6) is 0. The zero-order valence-electron chi connectivity index (χ0n) is 28.5. The van der Waals surface area contributed by atoms with Gasteiger partial charge in [0.1, 0.15) is 0 Å². The van der Waals surface area contributed by atoms with Crippen LogP contribution in [0.1, 0.15) is 25.7 Å². The molecule has 0 amide bonds. The molecule has 0 saturated carbocycles. The van der Waals surface area contributed by atoms with E-state index in [1.165, 1.54) is 93.6 Å². The zero-order valence-corrected chi connectivity index (χ0v) is 28.5. The molecule has 0 saturated heterocycles. The highest BCUT2D eigenvalue weighted by atomic mass is 15.2. The second kappa shape index (κ2) is 12.3. The average molecular weight is 652 g/mol. The van der Waals surface area contributed by atoms with E-state index in [-0.39, 0.29) is 0 Å². The van der Waals surface area contributed by atoms with Crippen molar-refractivity contribution in [3.63, 3.8) is 0 Å². The first-order chi connectivity index (χ1) is 25.3. The largest absolute Gasteiger partial charge is 0.311 e. The van der Waals surface area contributed by atoms with E-state index in [0.717, 1.165) is 25.7 Å². The molecule has 0 radical (unpaired) electrons. The smallest absolute Gasteiger partial charge is 0.0467 e. The van der Waals surface area contributed by atoms with Crippen molar-refractivity contribution in [1.29, 1.82) is 0 Å². The van der Waals surface area contributed by atoms with Crippen LogP contribution in [-0.4, -0.2) is 0 Å². The van der Waals surface area contributed by atoms with Crippen LogP contribution in [0.25, 0.3) is 65.3 Å². The fraction of sp³-hybridized carbons (Fsp3) is 0.0800. The van der Waals surface area contributed by atoms with Gasteiger partial charge in [-0.15, -0.1) is 0 Å². The summed E-state index contributed by atoms with van der Waals surface area (Å²) in [6.07, 6.45) is 11.5. The topological polar surface area (TPSA) is 3.24 Å². The Bertz CT molecular complexity index is 2730.